The Morgan fingerprint density at radius 1 is 1.20 bits per heavy atom. The maximum Gasteiger partial charge on any atom is 0.187 e. The highest BCUT2D eigenvalue weighted by atomic mass is 35.5. The van der Waals surface area contributed by atoms with E-state index < -0.39 is 0 Å². The number of halogens is 1. The zero-order valence-electron chi connectivity index (χ0n) is 13.6. The van der Waals surface area contributed by atoms with Gasteiger partial charge >= 0.3 is 0 Å². The van der Waals surface area contributed by atoms with E-state index in [4.69, 9.17) is 21.3 Å². The third-order valence-corrected chi connectivity index (χ3v) is 5.12. The van der Waals surface area contributed by atoms with E-state index in [2.05, 4.69) is 15.5 Å². The Morgan fingerprint density at radius 3 is 2.88 bits per heavy atom. The molecule has 4 rings (SSSR count). The molecule has 0 atom stereocenters. The Morgan fingerprint density at radius 2 is 2.08 bits per heavy atom. The number of aromatic nitrogens is 3. The van der Waals surface area contributed by atoms with Crippen LogP contribution in [0.1, 0.15) is 4.88 Å². The van der Waals surface area contributed by atoms with Gasteiger partial charge in [-0.2, -0.15) is 5.10 Å². The van der Waals surface area contributed by atoms with Crippen LogP contribution in [0.15, 0.2) is 42.6 Å². The van der Waals surface area contributed by atoms with Crippen LogP contribution in [0.4, 0.5) is 10.8 Å². The van der Waals surface area contributed by atoms with Gasteiger partial charge in [-0.1, -0.05) is 11.6 Å². The molecule has 7 heteroatoms. The molecule has 126 valence electrons. The van der Waals surface area contributed by atoms with E-state index in [0.717, 1.165) is 43.6 Å². The normalized spacial score (nSPS) is 11.0. The van der Waals surface area contributed by atoms with Gasteiger partial charge in [0.15, 0.2) is 5.13 Å². The first-order valence-corrected chi connectivity index (χ1v) is 8.85. The van der Waals surface area contributed by atoms with Gasteiger partial charge in [0, 0.05) is 21.5 Å². The van der Waals surface area contributed by atoms with Crippen molar-refractivity contribution < 1.29 is 4.74 Å². The Hall–Kier alpha value is -2.57. The van der Waals surface area contributed by atoms with Crippen LogP contribution in [0.3, 0.4) is 0 Å². The third kappa shape index (κ3) is 3.06. The monoisotopic (exact) mass is 370 g/mol. The maximum atomic E-state index is 6.39. The zero-order valence-corrected chi connectivity index (χ0v) is 15.2. The Bertz CT molecular complexity index is 1060. The largest absolute Gasteiger partial charge is 0.497 e. The number of hydrogen-bond acceptors (Lipinski definition) is 5. The van der Waals surface area contributed by atoms with Crippen molar-refractivity contribution in [2.75, 3.05) is 12.4 Å². The van der Waals surface area contributed by atoms with Crippen LogP contribution in [0, 0.1) is 6.92 Å². The fourth-order valence-corrected chi connectivity index (χ4v) is 3.76. The predicted molar refractivity (Wildman–Crippen MR) is 103 cm³/mol. The SMILES string of the molecule is COc1ccc(-c2nc(Nc3ccc4cn[nH]c4c3)sc2C)c(Cl)c1. The van der Waals surface area contributed by atoms with Crippen molar-refractivity contribution in [3.8, 4) is 17.0 Å². The average Bonchev–Trinajstić information content (AvgIpc) is 3.21. The predicted octanol–water partition coefficient (Wildman–Crippen LogP) is 5.40. The van der Waals surface area contributed by atoms with Gasteiger partial charge in [0.25, 0.3) is 0 Å². The molecule has 2 N–H and O–H groups in total. The van der Waals surface area contributed by atoms with Crippen molar-refractivity contribution in [3.05, 3.63) is 52.5 Å². The smallest absolute Gasteiger partial charge is 0.187 e. The van der Waals surface area contributed by atoms with Crippen LogP contribution in [0.25, 0.3) is 22.2 Å². The zero-order chi connectivity index (χ0) is 17.4. The summed E-state index contributed by atoms with van der Waals surface area (Å²) in [6.07, 6.45) is 1.80. The van der Waals surface area contributed by atoms with E-state index in [-0.39, 0.29) is 0 Å². The molecule has 0 saturated carbocycles. The molecule has 0 amide bonds. The lowest BCUT2D eigenvalue weighted by atomic mass is 10.1. The number of fused-ring (bicyclic) bond motifs is 1. The fourth-order valence-electron chi connectivity index (χ4n) is 2.65. The molecular formula is C18H15ClN4OS. The topological polar surface area (TPSA) is 62.8 Å². The van der Waals surface area contributed by atoms with Crippen LogP contribution in [0.5, 0.6) is 5.75 Å². The lowest BCUT2D eigenvalue weighted by Crippen LogP contribution is -1.90. The highest BCUT2D eigenvalue weighted by Gasteiger charge is 2.14. The van der Waals surface area contributed by atoms with E-state index in [0.29, 0.717) is 5.02 Å². The summed E-state index contributed by atoms with van der Waals surface area (Å²) < 4.78 is 5.21. The van der Waals surface area contributed by atoms with Gasteiger partial charge in [-0.15, -0.1) is 11.3 Å². The van der Waals surface area contributed by atoms with Crippen LogP contribution in [-0.4, -0.2) is 22.3 Å². The second kappa shape index (κ2) is 6.38. The molecule has 2 aromatic heterocycles. The molecular weight excluding hydrogens is 356 g/mol. The van der Waals surface area contributed by atoms with Gasteiger partial charge in [0.05, 0.1) is 29.5 Å². The van der Waals surface area contributed by atoms with Gasteiger partial charge < -0.3 is 10.1 Å². The third-order valence-electron chi connectivity index (χ3n) is 3.92. The number of benzene rings is 2. The Labute approximate surface area is 153 Å². The highest BCUT2D eigenvalue weighted by molar-refractivity contribution is 7.16. The summed E-state index contributed by atoms with van der Waals surface area (Å²) in [6.45, 7) is 2.04. The molecule has 0 aliphatic rings. The minimum absolute atomic E-state index is 0.623. The molecule has 25 heavy (non-hydrogen) atoms. The molecule has 0 unspecified atom stereocenters. The second-order valence-electron chi connectivity index (χ2n) is 5.57. The number of nitrogens with zero attached hydrogens (tertiary/aromatic N) is 2. The highest BCUT2D eigenvalue weighted by Crippen LogP contribution is 2.37. The van der Waals surface area contributed by atoms with Gasteiger partial charge in [-0.3, -0.25) is 5.10 Å². The Balaban J connectivity index is 1.65. The van der Waals surface area contributed by atoms with E-state index in [1.54, 1.807) is 30.7 Å². The molecule has 0 fully saturated rings. The molecule has 0 radical (unpaired) electrons. The summed E-state index contributed by atoms with van der Waals surface area (Å²) in [5, 5.41) is 12.9. The van der Waals surface area contributed by atoms with Crippen molar-refractivity contribution in [1.82, 2.24) is 15.2 Å². The van der Waals surface area contributed by atoms with Crippen LogP contribution < -0.4 is 10.1 Å². The van der Waals surface area contributed by atoms with Gasteiger partial charge in [-0.25, -0.2) is 4.98 Å². The van der Waals surface area contributed by atoms with Gasteiger partial charge in [-0.05, 0) is 43.3 Å². The molecule has 0 saturated heterocycles. The summed E-state index contributed by atoms with van der Waals surface area (Å²) in [5.41, 5.74) is 3.71. The molecule has 0 spiro atoms. The fraction of sp³-hybridized carbons (Fsp3) is 0.111. The first-order valence-electron chi connectivity index (χ1n) is 7.65. The Kier molecular flexibility index (Phi) is 4.07. The van der Waals surface area contributed by atoms with Crippen molar-refractivity contribution >= 4 is 44.7 Å². The number of hydrogen-bond donors (Lipinski definition) is 2. The lowest BCUT2D eigenvalue weighted by Gasteiger charge is -2.05. The number of thiazole rings is 1. The minimum atomic E-state index is 0.623. The molecule has 0 aliphatic heterocycles. The number of anilines is 2. The molecule has 2 aromatic carbocycles. The summed E-state index contributed by atoms with van der Waals surface area (Å²) in [4.78, 5) is 5.81. The van der Waals surface area contributed by atoms with Crippen molar-refractivity contribution in [2.24, 2.45) is 0 Å². The standard InChI is InChI=1S/C18H15ClN4OS/c1-10-17(14-6-5-13(24-2)8-15(14)19)22-18(25-10)21-12-4-3-11-9-20-23-16(11)7-12/h3-9H,1-2H3,(H,20,23)(H,21,22). The number of nitrogens with one attached hydrogen (secondary N) is 2. The summed E-state index contributed by atoms with van der Waals surface area (Å²) in [7, 11) is 1.62. The van der Waals surface area contributed by atoms with E-state index in [9.17, 15) is 0 Å². The number of H-pyrrole nitrogens is 1. The van der Waals surface area contributed by atoms with Crippen LogP contribution in [-0.2, 0) is 0 Å². The van der Waals surface area contributed by atoms with E-state index >= 15 is 0 Å². The van der Waals surface area contributed by atoms with Crippen LogP contribution >= 0.6 is 22.9 Å². The minimum Gasteiger partial charge on any atom is -0.497 e. The quantitative estimate of drug-likeness (QED) is 0.504. The number of methoxy groups -OCH3 is 1. The molecule has 2 heterocycles. The first-order chi connectivity index (χ1) is 12.1. The number of rotatable bonds is 4. The summed E-state index contributed by atoms with van der Waals surface area (Å²) in [5.74, 6) is 0.729. The number of ether oxygens (including phenoxy) is 1. The van der Waals surface area contributed by atoms with E-state index in [1.807, 2.05) is 37.3 Å². The second-order valence-corrected chi connectivity index (χ2v) is 7.18. The number of aryl methyl sites for hydroxylation is 1. The van der Waals surface area contributed by atoms with Gasteiger partial charge in [0.1, 0.15) is 5.75 Å². The van der Waals surface area contributed by atoms with Crippen LogP contribution in [0.2, 0.25) is 5.02 Å². The molecule has 4 aromatic rings. The summed E-state index contributed by atoms with van der Waals surface area (Å²) in [6, 6.07) is 11.7. The average molecular weight is 371 g/mol. The molecule has 0 aliphatic carbocycles. The van der Waals surface area contributed by atoms with Crippen molar-refractivity contribution in [3.63, 3.8) is 0 Å². The summed E-state index contributed by atoms with van der Waals surface area (Å²) >= 11 is 7.98. The molecule has 5 nitrogen and oxygen atoms in total. The van der Waals surface area contributed by atoms with Gasteiger partial charge in [0.2, 0.25) is 0 Å². The number of aromatic amines is 1. The maximum absolute atomic E-state index is 6.39. The van der Waals surface area contributed by atoms with E-state index in [1.165, 1.54) is 0 Å². The molecule has 0 bridgehead atoms. The van der Waals surface area contributed by atoms with Crippen molar-refractivity contribution in [2.45, 2.75) is 6.92 Å². The lowest BCUT2D eigenvalue weighted by molar-refractivity contribution is 0.415. The first kappa shape index (κ1) is 15.9. The van der Waals surface area contributed by atoms with Crippen molar-refractivity contribution in [1.29, 1.82) is 0 Å².